The molecule has 1 aliphatic carbocycles. The van der Waals surface area contributed by atoms with Gasteiger partial charge in [0.25, 0.3) is 0 Å². The molecule has 3 nitrogen and oxygen atoms in total. The number of hydrogen-bond donors (Lipinski definition) is 2. The average molecular weight is 288 g/mol. The van der Waals surface area contributed by atoms with Crippen LogP contribution in [0.2, 0.25) is 0 Å². The first-order chi connectivity index (χ1) is 9.76. The Bertz CT molecular complexity index is 504. The Hall–Kier alpha value is -1.35. The lowest BCUT2D eigenvalue weighted by atomic mass is 9.84. The molecule has 0 bridgehead atoms. The molecule has 0 saturated carbocycles. The van der Waals surface area contributed by atoms with E-state index in [9.17, 15) is 4.79 Å². The maximum atomic E-state index is 12.3. The fourth-order valence-corrected chi connectivity index (χ4v) is 3.48. The van der Waals surface area contributed by atoms with E-state index in [0.717, 1.165) is 12.8 Å². The minimum Gasteiger partial charge on any atom is -0.348 e. The molecule has 3 unspecified atom stereocenters. The Labute approximate surface area is 128 Å². The summed E-state index contributed by atoms with van der Waals surface area (Å²) in [4.78, 5) is 12.3. The van der Waals surface area contributed by atoms with Crippen molar-refractivity contribution in [3.8, 4) is 0 Å². The zero-order valence-corrected chi connectivity index (χ0v) is 13.6. The molecule has 0 fully saturated rings. The third-order valence-electron chi connectivity index (χ3n) is 4.09. The second-order valence-corrected chi connectivity index (χ2v) is 7.69. The molecule has 1 aromatic rings. The van der Waals surface area contributed by atoms with Crippen LogP contribution in [0.5, 0.6) is 0 Å². The number of nitrogens with one attached hydrogen (secondary N) is 1. The summed E-state index contributed by atoms with van der Waals surface area (Å²) in [5.74, 6) is 0.502. The molecular formula is C18H28N2O. The molecule has 1 aromatic carbocycles. The Morgan fingerprint density at radius 2 is 2.05 bits per heavy atom. The fourth-order valence-electron chi connectivity index (χ4n) is 3.48. The van der Waals surface area contributed by atoms with Crippen LogP contribution in [0.4, 0.5) is 0 Å². The van der Waals surface area contributed by atoms with Crippen molar-refractivity contribution in [1.29, 1.82) is 0 Å². The van der Waals surface area contributed by atoms with Crippen LogP contribution in [0.3, 0.4) is 0 Å². The standard InChI is InChI=1S/C18H28N2O/c1-12(11-18(2,3)4)9-16(21)20-17-14-8-6-5-7-13(14)10-15(17)19/h5-8,12,15,17H,9-11,19H2,1-4H3,(H,20,21). The van der Waals surface area contributed by atoms with Crippen molar-refractivity contribution in [3.63, 3.8) is 0 Å². The molecule has 0 aliphatic heterocycles. The lowest BCUT2D eigenvalue weighted by molar-refractivity contribution is -0.122. The fraction of sp³-hybridized carbons (Fsp3) is 0.611. The highest BCUT2D eigenvalue weighted by Crippen LogP contribution is 2.31. The molecule has 0 heterocycles. The van der Waals surface area contributed by atoms with Crippen molar-refractivity contribution in [2.45, 2.75) is 59.0 Å². The minimum absolute atomic E-state index is 0.00993. The van der Waals surface area contributed by atoms with Gasteiger partial charge in [0, 0.05) is 12.5 Å². The summed E-state index contributed by atoms with van der Waals surface area (Å²) in [6, 6.07) is 8.18. The largest absolute Gasteiger partial charge is 0.348 e. The quantitative estimate of drug-likeness (QED) is 0.894. The summed E-state index contributed by atoms with van der Waals surface area (Å²) < 4.78 is 0. The van der Waals surface area contributed by atoms with Crippen LogP contribution in [-0.2, 0) is 11.2 Å². The van der Waals surface area contributed by atoms with Crippen molar-refractivity contribution >= 4 is 5.91 Å². The first-order valence-electron chi connectivity index (χ1n) is 7.89. The van der Waals surface area contributed by atoms with Gasteiger partial charge >= 0.3 is 0 Å². The van der Waals surface area contributed by atoms with Gasteiger partial charge in [-0.1, -0.05) is 52.0 Å². The van der Waals surface area contributed by atoms with E-state index in [4.69, 9.17) is 5.73 Å². The minimum atomic E-state index is -0.0319. The highest BCUT2D eigenvalue weighted by Gasteiger charge is 2.31. The number of carbonyl (C=O) groups is 1. The predicted molar refractivity (Wildman–Crippen MR) is 86.9 cm³/mol. The molecule has 3 atom stereocenters. The van der Waals surface area contributed by atoms with Crippen LogP contribution in [0, 0.1) is 11.3 Å². The van der Waals surface area contributed by atoms with Gasteiger partial charge in [0.2, 0.25) is 5.91 Å². The number of nitrogens with two attached hydrogens (primary N) is 1. The summed E-state index contributed by atoms with van der Waals surface area (Å²) in [5, 5.41) is 3.14. The first-order valence-corrected chi connectivity index (χ1v) is 7.89. The second-order valence-electron chi connectivity index (χ2n) is 7.69. The van der Waals surface area contributed by atoms with Gasteiger partial charge in [0.15, 0.2) is 0 Å². The molecule has 0 saturated heterocycles. The molecule has 1 amide bonds. The van der Waals surface area contributed by atoms with Gasteiger partial charge in [-0.3, -0.25) is 4.79 Å². The number of benzene rings is 1. The third-order valence-corrected chi connectivity index (χ3v) is 4.09. The maximum Gasteiger partial charge on any atom is 0.220 e. The zero-order chi connectivity index (χ0) is 15.6. The summed E-state index contributed by atoms with van der Waals surface area (Å²) in [6.45, 7) is 8.78. The van der Waals surface area contributed by atoms with Crippen molar-refractivity contribution in [2.75, 3.05) is 0 Å². The second kappa shape index (κ2) is 6.18. The smallest absolute Gasteiger partial charge is 0.220 e. The molecule has 0 aromatic heterocycles. The number of amides is 1. The molecule has 116 valence electrons. The molecule has 0 radical (unpaired) electrons. The zero-order valence-electron chi connectivity index (χ0n) is 13.6. The van der Waals surface area contributed by atoms with E-state index in [1.165, 1.54) is 11.1 Å². The number of rotatable bonds is 4. The lowest BCUT2D eigenvalue weighted by Crippen LogP contribution is -2.39. The maximum absolute atomic E-state index is 12.3. The van der Waals surface area contributed by atoms with Gasteiger partial charge in [-0.2, -0.15) is 0 Å². The first kappa shape index (κ1) is 16.0. The topological polar surface area (TPSA) is 55.1 Å². The highest BCUT2D eigenvalue weighted by atomic mass is 16.1. The molecule has 1 aliphatic rings. The lowest BCUT2D eigenvalue weighted by Gasteiger charge is -2.24. The summed E-state index contributed by atoms with van der Waals surface area (Å²) in [7, 11) is 0. The van der Waals surface area contributed by atoms with Crippen LogP contribution in [0.25, 0.3) is 0 Å². The third kappa shape index (κ3) is 4.31. The Morgan fingerprint density at radius 1 is 1.38 bits per heavy atom. The van der Waals surface area contributed by atoms with Crippen molar-refractivity contribution in [3.05, 3.63) is 35.4 Å². The van der Waals surface area contributed by atoms with Gasteiger partial charge in [-0.25, -0.2) is 0 Å². The van der Waals surface area contributed by atoms with E-state index < -0.39 is 0 Å². The van der Waals surface area contributed by atoms with Crippen LogP contribution < -0.4 is 11.1 Å². The molecule has 21 heavy (non-hydrogen) atoms. The van der Waals surface area contributed by atoms with E-state index in [1.54, 1.807) is 0 Å². The monoisotopic (exact) mass is 288 g/mol. The summed E-state index contributed by atoms with van der Waals surface area (Å²) in [5.41, 5.74) is 8.90. The highest BCUT2D eigenvalue weighted by molar-refractivity contribution is 5.77. The van der Waals surface area contributed by atoms with Gasteiger partial charge < -0.3 is 11.1 Å². The van der Waals surface area contributed by atoms with E-state index >= 15 is 0 Å². The average Bonchev–Trinajstić information content (AvgIpc) is 2.63. The Morgan fingerprint density at radius 3 is 2.71 bits per heavy atom. The molecule has 3 heteroatoms. The number of hydrogen-bond acceptors (Lipinski definition) is 2. The number of carbonyl (C=O) groups excluding carboxylic acids is 1. The predicted octanol–water partition coefficient (Wildman–Crippen LogP) is 3.19. The van der Waals surface area contributed by atoms with Gasteiger partial charge in [-0.15, -0.1) is 0 Å². The molecule has 0 spiro atoms. The van der Waals surface area contributed by atoms with Crippen LogP contribution >= 0.6 is 0 Å². The Kier molecular flexibility index (Phi) is 4.72. The summed E-state index contributed by atoms with van der Waals surface area (Å²) >= 11 is 0. The van der Waals surface area contributed by atoms with E-state index in [0.29, 0.717) is 12.3 Å². The van der Waals surface area contributed by atoms with Gasteiger partial charge in [0.05, 0.1) is 6.04 Å². The van der Waals surface area contributed by atoms with Gasteiger partial charge in [0.1, 0.15) is 0 Å². The summed E-state index contributed by atoms with van der Waals surface area (Å²) in [6.07, 6.45) is 2.47. The molecule has 3 N–H and O–H groups in total. The van der Waals surface area contributed by atoms with Crippen molar-refractivity contribution in [2.24, 2.45) is 17.1 Å². The van der Waals surface area contributed by atoms with Crippen molar-refractivity contribution < 1.29 is 4.79 Å². The Balaban J connectivity index is 1.94. The van der Waals surface area contributed by atoms with Crippen LogP contribution in [0.15, 0.2) is 24.3 Å². The van der Waals surface area contributed by atoms with Crippen molar-refractivity contribution in [1.82, 2.24) is 5.32 Å². The van der Waals surface area contributed by atoms with Crippen LogP contribution in [0.1, 0.15) is 57.7 Å². The van der Waals surface area contributed by atoms with E-state index in [1.807, 2.05) is 12.1 Å². The van der Waals surface area contributed by atoms with E-state index in [2.05, 4.69) is 45.1 Å². The molecular weight excluding hydrogens is 260 g/mol. The normalized spacial score (nSPS) is 22.7. The molecule has 2 rings (SSSR count). The van der Waals surface area contributed by atoms with Crippen LogP contribution in [-0.4, -0.2) is 11.9 Å². The number of fused-ring (bicyclic) bond motifs is 1. The van der Waals surface area contributed by atoms with Gasteiger partial charge in [-0.05, 0) is 35.3 Å². The van der Waals surface area contributed by atoms with E-state index in [-0.39, 0.29) is 23.4 Å². The SMILES string of the molecule is CC(CC(=O)NC1c2ccccc2CC1N)CC(C)(C)C.